The number of nitrogens with one attached hydrogen (secondary N) is 1. The monoisotopic (exact) mass is 493 g/mol. The quantitative estimate of drug-likeness (QED) is 0.169. The van der Waals surface area contributed by atoms with Gasteiger partial charge in [-0.15, -0.1) is 0 Å². The van der Waals surface area contributed by atoms with E-state index in [0.29, 0.717) is 55.8 Å². The van der Waals surface area contributed by atoms with E-state index in [2.05, 4.69) is 17.2 Å². The van der Waals surface area contributed by atoms with Gasteiger partial charge in [0.25, 0.3) is 0 Å². The van der Waals surface area contributed by atoms with Crippen molar-refractivity contribution in [2.24, 2.45) is 34.4 Å². The molecule has 6 unspecified atom stereocenters. The fourth-order valence-corrected chi connectivity index (χ4v) is 5.30. The summed E-state index contributed by atoms with van der Waals surface area (Å²) in [5.74, 6) is 1.37. The molecule has 0 saturated heterocycles. The second-order valence-corrected chi connectivity index (χ2v) is 9.71. The first-order chi connectivity index (χ1) is 16.7. The first-order valence-corrected chi connectivity index (χ1v) is 12.5. The van der Waals surface area contributed by atoms with Crippen molar-refractivity contribution in [3.8, 4) is 11.5 Å². The lowest BCUT2D eigenvalue weighted by Gasteiger charge is -2.43. The molecule has 1 aliphatic carbocycles. The zero-order valence-electron chi connectivity index (χ0n) is 21.4. The third-order valence-corrected chi connectivity index (χ3v) is 7.28. The van der Waals surface area contributed by atoms with E-state index in [1.807, 2.05) is 6.07 Å². The fourth-order valence-electron chi connectivity index (χ4n) is 5.30. The van der Waals surface area contributed by atoms with Gasteiger partial charge in [0.15, 0.2) is 17.5 Å². The van der Waals surface area contributed by atoms with Crippen LogP contribution in [0.3, 0.4) is 0 Å². The number of aliphatic hydroxyl groups is 2. The number of phenols is 1. The van der Waals surface area contributed by atoms with Crippen LogP contribution >= 0.6 is 0 Å². The molecule has 0 aromatic heterocycles. The van der Waals surface area contributed by atoms with Crippen LogP contribution in [0.5, 0.6) is 11.5 Å². The second-order valence-electron chi connectivity index (χ2n) is 9.71. The Morgan fingerprint density at radius 2 is 2.06 bits per heavy atom. The average molecular weight is 494 g/mol. The van der Waals surface area contributed by atoms with Crippen molar-refractivity contribution in [3.63, 3.8) is 0 Å². The Morgan fingerprint density at radius 3 is 2.69 bits per heavy atom. The van der Waals surface area contributed by atoms with Crippen molar-refractivity contribution in [1.82, 2.24) is 5.32 Å². The lowest BCUT2D eigenvalue weighted by Crippen LogP contribution is -2.44. The SMILES string of the molecule is CN=C(N)NCC1CC(C(O)CC(CCc2ccc(O)c(OC)c2)OC(C)=O)C(CCO)CC1C. The first-order valence-electron chi connectivity index (χ1n) is 12.5. The maximum atomic E-state index is 11.8. The van der Waals surface area contributed by atoms with Gasteiger partial charge in [-0.05, 0) is 73.5 Å². The Balaban J connectivity index is 2.09. The lowest BCUT2D eigenvalue weighted by atomic mass is 9.65. The molecule has 1 aromatic rings. The number of aryl methyl sites for hydroxylation is 1. The van der Waals surface area contributed by atoms with Gasteiger partial charge in [0.1, 0.15) is 6.10 Å². The molecular formula is C26H43N3O6. The van der Waals surface area contributed by atoms with Crippen molar-refractivity contribution < 1.29 is 29.6 Å². The summed E-state index contributed by atoms with van der Waals surface area (Å²) in [5.41, 5.74) is 6.75. The number of aliphatic hydroxyl groups excluding tert-OH is 2. The van der Waals surface area contributed by atoms with Gasteiger partial charge in [-0.1, -0.05) is 13.0 Å². The van der Waals surface area contributed by atoms with Gasteiger partial charge >= 0.3 is 5.97 Å². The van der Waals surface area contributed by atoms with Crippen molar-refractivity contribution in [1.29, 1.82) is 0 Å². The Labute approximate surface area is 208 Å². The minimum absolute atomic E-state index is 0.0169. The standard InChI is InChI=1S/C26H43N3O6/c1-16-11-19(9-10-30)22(13-20(16)15-29-26(27)28-3)24(33)14-21(35-17(2)31)7-5-18-6-8-23(32)25(12-18)34-4/h6,8,12,16,19-22,24,30,32-33H,5,7,9-11,13-15H2,1-4H3,(H3,27,28,29). The smallest absolute Gasteiger partial charge is 0.302 e. The highest BCUT2D eigenvalue weighted by Crippen LogP contribution is 2.42. The lowest BCUT2D eigenvalue weighted by molar-refractivity contribution is -0.149. The first kappa shape index (κ1) is 28.7. The molecule has 9 nitrogen and oxygen atoms in total. The highest BCUT2D eigenvalue weighted by molar-refractivity contribution is 5.77. The molecule has 0 radical (unpaired) electrons. The van der Waals surface area contributed by atoms with Gasteiger partial charge in [-0.2, -0.15) is 0 Å². The third-order valence-electron chi connectivity index (χ3n) is 7.28. The van der Waals surface area contributed by atoms with Gasteiger partial charge in [0, 0.05) is 33.5 Å². The summed E-state index contributed by atoms with van der Waals surface area (Å²) in [6.07, 6.45) is 2.68. The minimum atomic E-state index is -0.669. The Bertz CT molecular complexity index is 833. The molecule has 1 fully saturated rings. The normalized spacial score (nSPS) is 24.5. The van der Waals surface area contributed by atoms with Crippen LogP contribution in [-0.4, -0.2) is 66.8 Å². The Hall–Kier alpha value is -2.52. The number of carbonyl (C=O) groups excluding carboxylic acids is 1. The molecule has 6 N–H and O–H groups in total. The summed E-state index contributed by atoms with van der Waals surface area (Å²) >= 11 is 0. The molecule has 1 aromatic carbocycles. The van der Waals surface area contributed by atoms with Crippen molar-refractivity contribution in [3.05, 3.63) is 23.8 Å². The minimum Gasteiger partial charge on any atom is -0.504 e. The van der Waals surface area contributed by atoms with Crippen LogP contribution in [-0.2, 0) is 16.0 Å². The van der Waals surface area contributed by atoms with E-state index in [1.165, 1.54) is 14.0 Å². The third kappa shape index (κ3) is 8.89. The number of rotatable bonds is 12. The molecule has 198 valence electrons. The zero-order chi connectivity index (χ0) is 26.0. The molecule has 0 heterocycles. The molecule has 9 heteroatoms. The number of phenolic OH excluding ortho intramolecular Hbond substituents is 1. The number of carbonyl (C=O) groups is 1. The number of nitrogens with zero attached hydrogens (tertiary/aromatic N) is 1. The van der Waals surface area contributed by atoms with Crippen molar-refractivity contribution in [2.75, 3.05) is 27.3 Å². The number of nitrogens with two attached hydrogens (primary N) is 1. The number of hydrogen-bond acceptors (Lipinski definition) is 7. The number of aliphatic imine (C=N–C) groups is 1. The van der Waals surface area contributed by atoms with Crippen LogP contribution in [0.25, 0.3) is 0 Å². The van der Waals surface area contributed by atoms with Crippen LogP contribution in [0.15, 0.2) is 23.2 Å². The summed E-state index contributed by atoms with van der Waals surface area (Å²) < 4.78 is 10.8. The van der Waals surface area contributed by atoms with E-state index in [1.54, 1.807) is 19.2 Å². The van der Waals surface area contributed by atoms with Gasteiger partial charge in [0.05, 0.1) is 13.2 Å². The number of guanidine groups is 1. The van der Waals surface area contributed by atoms with Crippen molar-refractivity contribution in [2.45, 2.75) is 64.6 Å². The van der Waals surface area contributed by atoms with Crippen LogP contribution < -0.4 is 15.8 Å². The van der Waals surface area contributed by atoms with E-state index < -0.39 is 12.2 Å². The molecule has 35 heavy (non-hydrogen) atoms. The zero-order valence-corrected chi connectivity index (χ0v) is 21.4. The maximum Gasteiger partial charge on any atom is 0.302 e. The van der Waals surface area contributed by atoms with Crippen molar-refractivity contribution >= 4 is 11.9 Å². The van der Waals surface area contributed by atoms with Crippen LogP contribution in [0.4, 0.5) is 0 Å². The van der Waals surface area contributed by atoms with Gasteiger partial charge in [-0.3, -0.25) is 9.79 Å². The van der Waals surface area contributed by atoms with Crippen LogP contribution in [0, 0.1) is 23.7 Å². The number of ether oxygens (including phenoxy) is 2. The molecule has 1 saturated carbocycles. The fraction of sp³-hybridized carbons (Fsp3) is 0.692. The topological polar surface area (TPSA) is 147 Å². The number of methoxy groups -OCH3 is 1. The maximum absolute atomic E-state index is 11.8. The Kier molecular flexibility index (Phi) is 11.6. The largest absolute Gasteiger partial charge is 0.504 e. The number of benzene rings is 1. The summed E-state index contributed by atoms with van der Waals surface area (Å²) in [4.78, 5) is 15.7. The van der Waals surface area contributed by atoms with E-state index in [0.717, 1.165) is 18.4 Å². The molecular weight excluding hydrogens is 450 g/mol. The van der Waals surface area contributed by atoms with Crippen LogP contribution in [0.2, 0.25) is 0 Å². The number of hydrogen-bond donors (Lipinski definition) is 5. The molecule has 0 spiro atoms. The molecule has 6 atom stereocenters. The summed E-state index contributed by atoms with van der Waals surface area (Å²) in [6.45, 7) is 4.33. The molecule has 2 rings (SSSR count). The highest BCUT2D eigenvalue weighted by atomic mass is 16.5. The summed E-state index contributed by atoms with van der Waals surface area (Å²) in [7, 11) is 3.14. The molecule has 1 aliphatic rings. The van der Waals surface area contributed by atoms with E-state index >= 15 is 0 Å². The van der Waals surface area contributed by atoms with Gasteiger partial charge < -0.3 is 35.8 Å². The summed E-state index contributed by atoms with van der Waals surface area (Å²) in [6, 6.07) is 5.15. The number of aromatic hydroxyl groups is 1. The highest BCUT2D eigenvalue weighted by Gasteiger charge is 2.39. The number of esters is 1. The van der Waals surface area contributed by atoms with Gasteiger partial charge in [-0.25, -0.2) is 0 Å². The molecule has 0 bridgehead atoms. The summed E-state index contributed by atoms with van der Waals surface area (Å²) in [5, 5.41) is 33.9. The van der Waals surface area contributed by atoms with Crippen LogP contribution in [0.1, 0.15) is 51.5 Å². The molecule has 0 amide bonds. The van der Waals surface area contributed by atoms with Gasteiger partial charge in [0.2, 0.25) is 0 Å². The van der Waals surface area contributed by atoms with E-state index in [4.69, 9.17) is 15.2 Å². The molecule has 0 aliphatic heterocycles. The average Bonchev–Trinajstić information content (AvgIpc) is 2.82. The van der Waals surface area contributed by atoms with E-state index in [9.17, 15) is 20.1 Å². The predicted molar refractivity (Wildman–Crippen MR) is 135 cm³/mol. The van der Waals surface area contributed by atoms with E-state index in [-0.39, 0.29) is 30.2 Å². The Morgan fingerprint density at radius 1 is 1.31 bits per heavy atom. The second kappa shape index (κ2) is 14.1. The predicted octanol–water partition coefficient (Wildman–Crippen LogP) is 2.21.